The second kappa shape index (κ2) is 7.83. The molecule has 0 fully saturated rings. The minimum absolute atomic E-state index is 0.495. The number of nitrogens with one attached hydrogen (secondary N) is 1. The molecule has 0 aromatic heterocycles. The van der Waals surface area contributed by atoms with E-state index in [9.17, 15) is 0 Å². The van der Waals surface area contributed by atoms with Gasteiger partial charge in [0, 0.05) is 7.11 Å². The molecule has 13 heavy (non-hydrogen) atoms. The van der Waals surface area contributed by atoms with Gasteiger partial charge < -0.3 is 14.8 Å². The Morgan fingerprint density at radius 3 is 2.62 bits per heavy atom. The van der Waals surface area contributed by atoms with Crippen LogP contribution in [0.5, 0.6) is 0 Å². The summed E-state index contributed by atoms with van der Waals surface area (Å²) in [5.41, 5.74) is 1.04. The Morgan fingerprint density at radius 2 is 2.15 bits per heavy atom. The minimum Gasteiger partial charge on any atom is -0.499 e. The van der Waals surface area contributed by atoms with E-state index in [0.29, 0.717) is 6.61 Å². The molecule has 0 aliphatic carbocycles. The van der Waals surface area contributed by atoms with Crippen molar-refractivity contribution in [1.29, 1.82) is 0 Å². The molecule has 0 rings (SSSR count). The van der Waals surface area contributed by atoms with Crippen LogP contribution in [0.4, 0.5) is 0 Å². The Hall–Kier alpha value is -0.800. The summed E-state index contributed by atoms with van der Waals surface area (Å²) in [6, 6.07) is 0. The van der Waals surface area contributed by atoms with Crippen LogP contribution in [-0.4, -0.2) is 34.4 Å². The molecule has 0 aliphatic rings. The molecule has 0 saturated heterocycles. The quantitative estimate of drug-likeness (QED) is 0.479. The van der Waals surface area contributed by atoms with Crippen molar-refractivity contribution in [3.63, 3.8) is 0 Å². The molecular formula is C10H19NO2. The molecule has 0 bridgehead atoms. The lowest BCUT2D eigenvalue weighted by Gasteiger charge is -2.06. The fourth-order valence-corrected chi connectivity index (χ4v) is 0.887. The molecular weight excluding hydrogens is 166 g/mol. The number of rotatable bonds is 7. The normalized spacial score (nSPS) is 11.5. The molecule has 0 spiro atoms. The number of hydrogen-bond acceptors (Lipinski definition) is 3. The third-order valence-corrected chi connectivity index (χ3v) is 1.61. The maximum atomic E-state index is 5.10. The second-order valence-corrected chi connectivity index (χ2v) is 2.76. The van der Waals surface area contributed by atoms with Crippen LogP contribution in [0.3, 0.4) is 0 Å². The Bertz CT molecular complexity index is 176. The second-order valence-electron chi connectivity index (χ2n) is 2.76. The van der Waals surface area contributed by atoms with Crippen molar-refractivity contribution < 1.29 is 9.47 Å². The lowest BCUT2D eigenvalue weighted by Crippen LogP contribution is -2.08. The molecule has 0 unspecified atom stereocenters. The van der Waals surface area contributed by atoms with Gasteiger partial charge in [-0.3, -0.25) is 0 Å². The van der Waals surface area contributed by atoms with Crippen LogP contribution in [0.1, 0.15) is 6.42 Å². The molecule has 0 aromatic rings. The fourth-order valence-electron chi connectivity index (χ4n) is 0.887. The first kappa shape index (κ1) is 12.2. The maximum absolute atomic E-state index is 5.10. The van der Waals surface area contributed by atoms with Crippen molar-refractivity contribution in [2.24, 2.45) is 0 Å². The summed E-state index contributed by atoms with van der Waals surface area (Å²) in [5, 5.41) is 3.06. The number of ether oxygens (including phenoxy) is 2. The van der Waals surface area contributed by atoms with E-state index < -0.39 is 0 Å². The molecule has 3 heteroatoms. The van der Waals surface area contributed by atoms with Crippen molar-refractivity contribution in [2.45, 2.75) is 6.42 Å². The Labute approximate surface area is 80.4 Å². The van der Waals surface area contributed by atoms with E-state index in [2.05, 4.69) is 11.9 Å². The molecule has 76 valence electrons. The van der Waals surface area contributed by atoms with Gasteiger partial charge in [-0.25, -0.2) is 0 Å². The van der Waals surface area contributed by atoms with E-state index in [1.807, 2.05) is 13.1 Å². The van der Waals surface area contributed by atoms with Crippen molar-refractivity contribution in [1.82, 2.24) is 5.32 Å². The van der Waals surface area contributed by atoms with Gasteiger partial charge in [0.15, 0.2) is 0 Å². The average Bonchev–Trinajstić information content (AvgIpc) is 2.14. The van der Waals surface area contributed by atoms with E-state index in [-0.39, 0.29) is 0 Å². The largest absolute Gasteiger partial charge is 0.499 e. The fraction of sp³-hybridized carbons (Fsp3) is 0.600. The topological polar surface area (TPSA) is 30.5 Å². The Balaban J connectivity index is 3.92. The molecule has 0 aromatic carbocycles. The summed E-state index contributed by atoms with van der Waals surface area (Å²) in [6.45, 7) is 5.34. The third-order valence-electron chi connectivity index (χ3n) is 1.61. The van der Waals surface area contributed by atoms with Gasteiger partial charge in [-0.15, -0.1) is 0 Å². The van der Waals surface area contributed by atoms with Crippen LogP contribution in [0.25, 0.3) is 0 Å². The maximum Gasteiger partial charge on any atom is 0.121 e. The zero-order chi connectivity index (χ0) is 10.1. The highest BCUT2D eigenvalue weighted by Crippen LogP contribution is 2.05. The first-order valence-corrected chi connectivity index (χ1v) is 4.30. The van der Waals surface area contributed by atoms with Gasteiger partial charge in [0.25, 0.3) is 0 Å². The first-order chi connectivity index (χ1) is 6.24. The van der Waals surface area contributed by atoms with E-state index in [0.717, 1.165) is 24.3 Å². The molecule has 0 radical (unpaired) electrons. The highest BCUT2D eigenvalue weighted by atomic mass is 16.5. The summed E-state index contributed by atoms with van der Waals surface area (Å²) in [6.07, 6.45) is 2.84. The van der Waals surface area contributed by atoms with Gasteiger partial charge in [0.1, 0.15) is 12.4 Å². The van der Waals surface area contributed by atoms with Crippen LogP contribution >= 0.6 is 0 Å². The first-order valence-electron chi connectivity index (χ1n) is 4.30. The van der Waals surface area contributed by atoms with Gasteiger partial charge in [0.05, 0.1) is 7.11 Å². The monoisotopic (exact) mass is 185 g/mol. The predicted molar refractivity (Wildman–Crippen MR) is 54.7 cm³/mol. The van der Waals surface area contributed by atoms with E-state index in [1.54, 1.807) is 14.2 Å². The van der Waals surface area contributed by atoms with Crippen LogP contribution in [-0.2, 0) is 9.47 Å². The van der Waals surface area contributed by atoms with Crippen LogP contribution in [0.2, 0.25) is 0 Å². The third kappa shape index (κ3) is 6.37. The van der Waals surface area contributed by atoms with Crippen LogP contribution < -0.4 is 5.32 Å². The Morgan fingerprint density at radius 1 is 1.46 bits per heavy atom. The van der Waals surface area contributed by atoms with E-state index in [1.165, 1.54) is 0 Å². The highest BCUT2D eigenvalue weighted by molar-refractivity contribution is 5.18. The summed E-state index contributed by atoms with van der Waals surface area (Å²) in [4.78, 5) is 0. The highest BCUT2D eigenvalue weighted by Gasteiger charge is 1.96. The lowest BCUT2D eigenvalue weighted by atomic mass is 10.2. The summed E-state index contributed by atoms with van der Waals surface area (Å²) < 4.78 is 10.0. The average molecular weight is 185 g/mol. The number of hydrogen-bond donors (Lipinski definition) is 1. The van der Waals surface area contributed by atoms with Gasteiger partial charge in [-0.05, 0) is 26.1 Å². The molecule has 0 heterocycles. The van der Waals surface area contributed by atoms with E-state index >= 15 is 0 Å². The standard InChI is InChI=1S/C10H19NO2/c1-9(5-6-11-2)7-10(13-4)8-12-3/h7,11H,1,5-6,8H2,2-4H3. The summed E-state index contributed by atoms with van der Waals surface area (Å²) in [7, 11) is 5.20. The zero-order valence-corrected chi connectivity index (χ0v) is 8.72. The van der Waals surface area contributed by atoms with Crippen LogP contribution in [0, 0.1) is 0 Å². The van der Waals surface area contributed by atoms with Crippen molar-refractivity contribution in [3.8, 4) is 0 Å². The SMILES string of the molecule is C=C(C=C(COC)OC)CCNC. The number of allylic oxidation sites excluding steroid dienone is 1. The minimum atomic E-state index is 0.495. The summed E-state index contributed by atoms with van der Waals surface area (Å²) in [5.74, 6) is 0.809. The van der Waals surface area contributed by atoms with Crippen molar-refractivity contribution in [2.75, 3.05) is 34.4 Å². The van der Waals surface area contributed by atoms with Gasteiger partial charge in [-0.1, -0.05) is 12.2 Å². The van der Waals surface area contributed by atoms with Gasteiger partial charge in [-0.2, -0.15) is 0 Å². The smallest absolute Gasteiger partial charge is 0.121 e. The number of methoxy groups -OCH3 is 2. The zero-order valence-electron chi connectivity index (χ0n) is 8.72. The molecule has 1 N–H and O–H groups in total. The van der Waals surface area contributed by atoms with Crippen molar-refractivity contribution in [3.05, 3.63) is 24.0 Å². The molecule has 0 atom stereocenters. The Kier molecular flexibility index (Phi) is 7.35. The molecule has 3 nitrogen and oxygen atoms in total. The van der Waals surface area contributed by atoms with E-state index in [4.69, 9.17) is 9.47 Å². The lowest BCUT2D eigenvalue weighted by molar-refractivity contribution is 0.159. The van der Waals surface area contributed by atoms with Gasteiger partial charge in [0.2, 0.25) is 0 Å². The molecule has 0 amide bonds. The molecule has 0 aliphatic heterocycles. The predicted octanol–water partition coefficient (Wildman–Crippen LogP) is 1.33. The van der Waals surface area contributed by atoms with Crippen molar-refractivity contribution >= 4 is 0 Å². The summed E-state index contributed by atoms with van der Waals surface area (Å²) >= 11 is 0. The van der Waals surface area contributed by atoms with Gasteiger partial charge >= 0.3 is 0 Å². The van der Waals surface area contributed by atoms with Crippen LogP contribution in [0.15, 0.2) is 24.0 Å². The molecule has 0 saturated carbocycles.